The highest BCUT2D eigenvalue weighted by Gasteiger charge is 2.29. The zero-order valence-corrected chi connectivity index (χ0v) is 16.6. The number of aromatic amines is 1. The maximum atomic E-state index is 12.5. The fourth-order valence-corrected chi connectivity index (χ4v) is 4.07. The number of fused-ring (bicyclic) bond motifs is 1. The van der Waals surface area contributed by atoms with Crippen LogP contribution in [0.15, 0.2) is 41.5 Å². The van der Waals surface area contributed by atoms with Gasteiger partial charge in [0.1, 0.15) is 22.5 Å². The average molecular weight is 479 g/mol. The Hall–Kier alpha value is -2.43. The first-order valence-electron chi connectivity index (χ1n) is 8.71. The summed E-state index contributed by atoms with van der Waals surface area (Å²) in [4.78, 5) is 33.3. The number of piperidine rings is 1. The van der Waals surface area contributed by atoms with E-state index in [2.05, 4.69) is 15.1 Å². The van der Waals surface area contributed by atoms with Gasteiger partial charge in [0.15, 0.2) is 5.52 Å². The molecule has 0 unspecified atom stereocenters. The number of hydrogen-bond acceptors (Lipinski definition) is 5. The Labute approximate surface area is 168 Å². The molecule has 27 heavy (non-hydrogen) atoms. The molecule has 1 amide bonds. The van der Waals surface area contributed by atoms with Gasteiger partial charge in [-0.3, -0.25) is 4.79 Å². The molecule has 1 atom stereocenters. The SMILES string of the molecule is O=C(OCc1ccccc1)N1CCC[C@@H](c2nc(I)c3c(=O)[nH]cnn23)C1. The maximum absolute atomic E-state index is 12.5. The summed E-state index contributed by atoms with van der Waals surface area (Å²) in [5.74, 6) is 0.717. The van der Waals surface area contributed by atoms with Crippen molar-refractivity contribution in [3.8, 4) is 0 Å². The highest BCUT2D eigenvalue weighted by atomic mass is 127. The van der Waals surface area contributed by atoms with Crippen molar-refractivity contribution in [2.45, 2.75) is 25.4 Å². The van der Waals surface area contributed by atoms with Crippen LogP contribution in [0.1, 0.15) is 30.1 Å². The average Bonchev–Trinajstić information content (AvgIpc) is 3.05. The van der Waals surface area contributed by atoms with Crippen LogP contribution in [0.4, 0.5) is 4.79 Å². The van der Waals surface area contributed by atoms with E-state index in [1.807, 2.05) is 52.9 Å². The Morgan fingerprint density at radius 1 is 1.33 bits per heavy atom. The summed E-state index contributed by atoms with van der Waals surface area (Å²) in [7, 11) is 0. The lowest BCUT2D eigenvalue weighted by Gasteiger charge is -2.31. The van der Waals surface area contributed by atoms with Gasteiger partial charge in [0, 0.05) is 19.0 Å². The second-order valence-electron chi connectivity index (χ2n) is 6.46. The van der Waals surface area contributed by atoms with Crippen molar-refractivity contribution < 1.29 is 9.53 Å². The molecule has 1 fully saturated rings. The Morgan fingerprint density at radius 3 is 2.96 bits per heavy atom. The molecule has 1 aliphatic rings. The van der Waals surface area contributed by atoms with Gasteiger partial charge in [-0.05, 0) is 41.0 Å². The highest BCUT2D eigenvalue weighted by molar-refractivity contribution is 14.1. The lowest BCUT2D eigenvalue weighted by molar-refractivity contribution is 0.0852. The van der Waals surface area contributed by atoms with Gasteiger partial charge in [-0.2, -0.15) is 5.10 Å². The molecule has 1 aliphatic heterocycles. The number of halogens is 1. The smallest absolute Gasteiger partial charge is 0.410 e. The molecular weight excluding hydrogens is 461 g/mol. The lowest BCUT2D eigenvalue weighted by atomic mass is 9.98. The number of benzene rings is 1. The first-order valence-corrected chi connectivity index (χ1v) is 9.79. The molecule has 140 valence electrons. The normalized spacial score (nSPS) is 17.2. The van der Waals surface area contributed by atoms with Crippen molar-refractivity contribution in [2.75, 3.05) is 13.1 Å². The molecule has 3 aromatic rings. The largest absolute Gasteiger partial charge is 0.445 e. The van der Waals surface area contributed by atoms with Crippen LogP contribution in [-0.4, -0.2) is 43.7 Å². The van der Waals surface area contributed by atoms with Gasteiger partial charge in [0.2, 0.25) is 0 Å². The van der Waals surface area contributed by atoms with Gasteiger partial charge in [0.25, 0.3) is 5.56 Å². The van der Waals surface area contributed by atoms with E-state index >= 15 is 0 Å². The van der Waals surface area contributed by atoms with Crippen molar-refractivity contribution in [3.05, 3.63) is 62.1 Å². The van der Waals surface area contributed by atoms with Gasteiger partial charge in [-0.15, -0.1) is 0 Å². The topological polar surface area (TPSA) is 92.6 Å². The van der Waals surface area contributed by atoms with Gasteiger partial charge < -0.3 is 14.6 Å². The molecule has 1 N–H and O–H groups in total. The van der Waals surface area contributed by atoms with Crippen LogP contribution in [0.5, 0.6) is 0 Å². The van der Waals surface area contributed by atoms with Crippen LogP contribution in [0.25, 0.3) is 5.52 Å². The van der Waals surface area contributed by atoms with Gasteiger partial charge in [-0.1, -0.05) is 30.3 Å². The molecule has 1 saturated heterocycles. The van der Waals surface area contributed by atoms with E-state index in [0.717, 1.165) is 18.4 Å². The summed E-state index contributed by atoms with van der Waals surface area (Å²) in [5, 5.41) is 4.24. The number of imidazole rings is 1. The first kappa shape index (κ1) is 18.0. The number of H-pyrrole nitrogens is 1. The molecule has 0 bridgehead atoms. The minimum Gasteiger partial charge on any atom is -0.445 e. The van der Waals surface area contributed by atoms with Crippen molar-refractivity contribution in [1.82, 2.24) is 24.5 Å². The second kappa shape index (κ2) is 7.67. The van der Waals surface area contributed by atoms with E-state index in [1.165, 1.54) is 6.33 Å². The molecule has 4 rings (SSSR count). The molecular formula is C18H18IN5O3. The Morgan fingerprint density at radius 2 is 2.15 bits per heavy atom. The Bertz CT molecular complexity index is 1020. The van der Waals surface area contributed by atoms with Crippen molar-refractivity contribution in [1.29, 1.82) is 0 Å². The van der Waals surface area contributed by atoms with Crippen LogP contribution in [0.3, 0.4) is 0 Å². The number of amides is 1. The molecule has 8 nitrogen and oxygen atoms in total. The lowest BCUT2D eigenvalue weighted by Crippen LogP contribution is -2.40. The monoisotopic (exact) mass is 479 g/mol. The van der Waals surface area contributed by atoms with Crippen LogP contribution < -0.4 is 5.56 Å². The number of carbonyl (C=O) groups is 1. The number of likely N-dealkylation sites (tertiary alicyclic amines) is 1. The minimum absolute atomic E-state index is 0.00772. The number of rotatable bonds is 3. The Kier molecular flexibility index (Phi) is 5.10. The molecule has 2 aromatic heterocycles. The van der Waals surface area contributed by atoms with Crippen molar-refractivity contribution in [2.24, 2.45) is 0 Å². The third-order valence-corrected chi connectivity index (χ3v) is 5.42. The highest BCUT2D eigenvalue weighted by Crippen LogP contribution is 2.27. The summed E-state index contributed by atoms with van der Waals surface area (Å²) in [6.45, 7) is 1.40. The van der Waals surface area contributed by atoms with Crippen molar-refractivity contribution >= 4 is 34.2 Å². The zero-order valence-electron chi connectivity index (χ0n) is 14.5. The zero-order chi connectivity index (χ0) is 18.8. The first-order chi connectivity index (χ1) is 13.1. The fourth-order valence-electron chi connectivity index (χ4n) is 3.35. The van der Waals surface area contributed by atoms with Gasteiger partial charge in [-0.25, -0.2) is 14.3 Å². The van der Waals surface area contributed by atoms with Crippen molar-refractivity contribution in [3.63, 3.8) is 0 Å². The number of aromatic nitrogens is 4. The maximum Gasteiger partial charge on any atom is 0.410 e. The Balaban J connectivity index is 1.49. The van der Waals surface area contributed by atoms with Gasteiger partial charge in [0.05, 0.1) is 0 Å². The van der Waals surface area contributed by atoms with E-state index < -0.39 is 0 Å². The standard InChI is InChI=1S/C18H18IN5O3/c19-15-14-17(25)20-11-21-24(14)16(22-15)13-7-4-8-23(9-13)18(26)27-10-12-5-2-1-3-6-12/h1-3,5-6,11,13H,4,7-10H2,(H,20,21,25)/t13-/m1/s1. The summed E-state index contributed by atoms with van der Waals surface area (Å²) in [6.07, 6.45) is 2.77. The fraction of sp³-hybridized carbons (Fsp3) is 0.333. The van der Waals surface area contributed by atoms with E-state index in [1.54, 1.807) is 9.42 Å². The summed E-state index contributed by atoms with van der Waals surface area (Å²) < 4.78 is 7.65. The molecule has 0 spiro atoms. The van der Waals surface area contributed by atoms with Crippen LogP contribution in [-0.2, 0) is 11.3 Å². The van der Waals surface area contributed by atoms with Crippen LogP contribution >= 0.6 is 22.6 Å². The van der Waals surface area contributed by atoms with Crippen LogP contribution in [0, 0.1) is 3.70 Å². The summed E-state index contributed by atoms with van der Waals surface area (Å²) in [6, 6.07) is 9.61. The predicted octanol–water partition coefficient (Wildman–Crippen LogP) is 2.54. The second-order valence-corrected chi connectivity index (χ2v) is 7.49. The summed E-state index contributed by atoms with van der Waals surface area (Å²) in [5.41, 5.74) is 1.18. The van der Waals surface area contributed by atoms with E-state index in [9.17, 15) is 9.59 Å². The third kappa shape index (κ3) is 3.68. The molecule has 3 heterocycles. The van der Waals surface area contributed by atoms with E-state index in [4.69, 9.17) is 4.74 Å². The van der Waals surface area contributed by atoms with Crippen LogP contribution in [0.2, 0.25) is 0 Å². The molecule has 0 saturated carbocycles. The number of nitrogens with zero attached hydrogens (tertiary/aromatic N) is 4. The number of nitrogens with one attached hydrogen (secondary N) is 1. The number of carbonyl (C=O) groups excluding carboxylic acids is 1. The van der Waals surface area contributed by atoms with E-state index in [0.29, 0.717) is 28.1 Å². The predicted molar refractivity (Wildman–Crippen MR) is 106 cm³/mol. The molecule has 9 heteroatoms. The summed E-state index contributed by atoms with van der Waals surface area (Å²) >= 11 is 2.04. The molecule has 1 aromatic carbocycles. The minimum atomic E-state index is -0.329. The number of hydrogen-bond donors (Lipinski definition) is 1. The molecule has 0 radical (unpaired) electrons. The molecule has 0 aliphatic carbocycles. The quantitative estimate of drug-likeness (QED) is 0.583. The van der Waals surface area contributed by atoms with E-state index in [-0.39, 0.29) is 24.2 Å². The third-order valence-electron chi connectivity index (χ3n) is 4.67. The van der Waals surface area contributed by atoms with Gasteiger partial charge >= 0.3 is 6.09 Å². The number of ether oxygens (including phenoxy) is 1.